The third-order valence-electron chi connectivity index (χ3n) is 3.15. The van der Waals surface area contributed by atoms with Gasteiger partial charge >= 0.3 is 0 Å². The molecule has 1 N–H and O–H groups in total. The van der Waals surface area contributed by atoms with Gasteiger partial charge in [0.25, 0.3) is 0 Å². The lowest BCUT2D eigenvalue weighted by atomic mass is 9.99. The SMILES string of the molecule is c1cc([C@@H]2CCCN2)c2ccncc2c1. The number of nitrogens with one attached hydrogen (secondary N) is 1. The minimum absolute atomic E-state index is 0.538. The molecular formula is C13H14N2. The van der Waals surface area contributed by atoms with Crippen molar-refractivity contribution in [3.8, 4) is 0 Å². The molecule has 1 atom stereocenters. The van der Waals surface area contributed by atoms with E-state index in [1.807, 2.05) is 12.4 Å². The van der Waals surface area contributed by atoms with Crippen molar-refractivity contribution < 1.29 is 0 Å². The van der Waals surface area contributed by atoms with E-state index in [-0.39, 0.29) is 0 Å². The van der Waals surface area contributed by atoms with Gasteiger partial charge in [-0.05, 0) is 36.4 Å². The van der Waals surface area contributed by atoms with Crippen LogP contribution in [-0.2, 0) is 0 Å². The van der Waals surface area contributed by atoms with Crippen molar-refractivity contribution in [1.82, 2.24) is 10.3 Å². The molecule has 2 nitrogen and oxygen atoms in total. The smallest absolute Gasteiger partial charge is 0.0346 e. The number of fused-ring (bicyclic) bond motifs is 1. The van der Waals surface area contributed by atoms with Gasteiger partial charge in [0.2, 0.25) is 0 Å². The monoisotopic (exact) mass is 198 g/mol. The van der Waals surface area contributed by atoms with Gasteiger partial charge in [-0.15, -0.1) is 0 Å². The highest BCUT2D eigenvalue weighted by atomic mass is 14.9. The van der Waals surface area contributed by atoms with E-state index in [2.05, 4.69) is 34.6 Å². The number of nitrogens with zero attached hydrogens (tertiary/aromatic N) is 1. The van der Waals surface area contributed by atoms with Crippen LogP contribution in [0.5, 0.6) is 0 Å². The highest BCUT2D eigenvalue weighted by Crippen LogP contribution is 2.28. The Morgan fingerprint density at radius 1 is 1.27 bits per heavy atom. The zero-order valence-corrected chi connectivity index (χ0v) is 8.61. The molecule has 0 aliphatic carbocycles. The molecule has 3 rings (SSSR count). The van der Waals surface area contributed by atoms with Crippen LogP contribution < -0.4 is 5.32 Å². The maximum absolute atomic E-state index is 4.16. The number of pyridine rings is 1. The molecular weight excluding hydrogens is 184 g/mol. The third-order valence-corrected chi connectivity index (χ3v) is 3.15. The fourth-order valence-corrected chi connectivity index (χ4v) is 2.40. The molecule has 1 aromatic carbocycles. The van der Waals surface area contributed by atoms with Crippen LogP contribution in [0.1, 0.15) is 24.4 Å². The average molecular weight is 198 g/mol. The fraction of sp³-hybridized carbons (Fsp3) is 0.308. The molecule has 2 aromatic rings. The van der Waals surface area contributed by atoms with E-state index in [0.717, 1.165) is 6.54 Å². The molecule has 1 aliphatic rings. The predicted molar refractivity (Wildman–Crippen MR) is 61.7 cm³/mol. The Bertz CT molecular complexity index is 467. The number of aromatic nitrogens is 1. The van der Waals surface area contributed by atoms with Gasteiger partial charge in [-0.25, -0.2) is 0 Å². The molecule has 1 fully saturated rings. The van der Waals surface area contributed by atoms with Crippen molar-refractivity contribution in [3.05, 3.63) is 42.2 Å². The molecule has 1 aliphatic heterocycles. The van der Waals surface area contributed by atoms with Crippen LogP contribution in [-0.4, -0.2) is 11.5 Å². The standard InChI is InChI=1S/C13H14N2/c1-3-10-9-14-8-6-11(10)12(4-1)13-5-2-7-15-13/h1,3-4,6,8-9,13,15H,2,5,7H2/t13-/m0/s1. The average Bonchev–Trinajstić information content (AvgIpc) is 2.82. The van der Waals surface area contributed by atoms with E-state index in [4.69, 9.17) is 0 Å². The number of hydrogen-bond acceptors (Lipinski definition) is 2. The van der Waals surface area contributed by atoms with Crippen LogP contribution in [0.4, 0.5) is 0 Å². The molecule has 0 bridgehead atoms. The van der Waals surface area contributed by atoms with Crippen LogP contribution in [0.2, 0.25) is 0 Å². The van der Waals surface area contributed by atoms with Gasteiger partial charge < -0.3 is 5.32 Å². The second kappa shape index (κ2) is 3.63. The molecule has 0 saturated carbocycles. The van der Waals surface area contributed by atoms with Gasteiger partial charge in [-0.2, -0.15) is 0 Å². The zero-order valence-electron chi connectivity index (χ0n) is 8.61. The van der Waals surface area contributed by atoms with Crippen LogP contribution in [0, 0.1) is 0 Å². The summed E-state index contributed by atoms with van der Waals surface area (Å²) < 4.78 is 0. The van der Waals surface area contributed by atoms with E-state index in [0.29, 0.717) is 6.04 Å². The van der Waals surface area contributed by atoms with E-state index in [9.17, 15) is 0 Å². The third kappa shape index (κ3) is 1.51. The van der Waals surface area contributed by atoms with Gasteiger partial charge in [0.05, 0.1) is 0 Å². The van der Waals surface area contributed by atoms with Crippen molar-refractivity contribution in [2.75, 3.05) is 6.54 Å². The largest absolute Gasteiger partial charge is 0.310 e. The molecule has 2 heterocycles. The molecule has 0 spiro atoms. The Morgan fingerprint density at radius 3 is 3.13 bits per heavy atom. The predicted octanol–water partition coefficient (Wildman–Crippen LogP) is 2.66. The Kier molecular flexibility index (Phi) is 2.14. The lowest BCUT2D eigenvalue weighted by Gasteiger charge is -2.13. The topological polar surface area (TPSA) is 24.9 Å². The highest BCUT2D eigenvalue weighted by Gasteiger charge is 2.17. The lowest BCUT2D eigenvalue weighted by molar-refractivity contribution is 0.653. The first-order valence-electron chi connectivity index (χ1n) is 5.51. The fourth-order valence-electron chi connectivity index (χ4n) is 2.40. The molecule has 2 heteroatoms. The zero-order chi connectivity index (χ0) is 10.1. The Balaban J connectivity index is 2.16. The van der Waals surface area contributed by atoms with Crippen LogP contribution >= 0.6 is 0 Å². The van der Waals surface area contributed by atoms with E-state index in [1.54, 1.807) is 0 Å². The summed E-state index contributed by atoms with van der Waals surface area (Å²) in [7, 11) is 0. The highest BCUT2D eigenvalue weighted by molar-refractivity contribution is 5.85. The summed E-state index contributed by atoms with van der Waals surface area (Å²) in [5.41, 5.74) is 1.42. The summed E-state index contributed by atoms with van der Waals surface area (Å²) in [4.78, 5) is 4.16. The van der Waals surface area contributed by atoms with E-state index >= 15 is 0 Å². The van der Waals surface area contributed by atoms with Crippen molar-refractivity contribution in [1.29, 1.82) is 0 Å². The summed E-state index contributed by atoms with van der Waals surface area (Å²) in [5.74, 6) is 0. The molecule has 0 amide bonds. The molecule has 15 heavy (non-hydrogen) atoms. The van der Waals surface area contributed by atoms with Gasteiger partial charge in [0.15, 0.2) is 0 Å². The van der Waals surface area contributed by atoms with Crippen molar-refractivity contribution in [3.63, 3.8) is 0 Å². The van der Waals surface area contributed by atoms with Gasteiger partial charge in [-0.1, -0.05) is 18.2 Å². The first kappa shape index (κ1) is 8.86. The second-order valence-electron chi connectivity index (χ2n) is 4.09. The Morgan fingerprint density at radius 2 is 2.27 bits per heavy atom. The van der Waals surface area contributed by atoms with E-state index < -0.39 is 0 Å². The Hall–Kier alpha value is -1.41. The number of benzene rings is 1. The van der Waals surface area contributed by atoms with Crippen molar-refractivity contribution >= 4 is 10.8 Å². The number of rotatable bonds is 1. The summed E-state index contributed by atoms with van der Waals surface area (Å²) in [6.45, 7) is 1.14. The molecule has 1 saturated heterocycles. The maximum atomic E-state index is 4.16. The lowest BCUT2D eigenvalue weighted by Crippen LogP contribution is -2.13. The van der Waals surface area contributed by atoms with E-state index in [1.165, 1.54) is 29.2 Å². The quantitative estimate of drug-likeness (QED) is 0.762. The maximum Gasteiger partial charge on any atom is 0.0346 e. The minimum atomic E-state index is 0.538. The summed E-state index contributed by atoms with van der Waals surface area (Å²) in [5, 5.41) is 6.12. The van der Waals surface area contributed by atoms with Crippen molar-refractivity contribution in [2.24, 2.45) is 0 Å². The normalized spacial score (nSPS) is 20.9. The van der Waals surface area contributed by atoms with Crippen LogP contribution in [0.15, 0.2) is 36.7 Å². The summed E-state index contributed by atoms with van der Waals surface area (Å²) in [6, 6.07) is 9.13. The number of hydrogen-bond donors (Lipinski definition) is 1. The first-order valence-corrected chi connectivity index (χ1v) is 5.51. The molecule has 1 aromatic heterocycles. The Labute approximate surface area is 89.3 Å². The molecule has 0 radical (unpaired) electrons. The van der Waals surface area contributed by atoms with Gasteiger partial charge in [-0.3, -0.25) is 4.98 Å². The molecule has 0 unspecified atom stereocenters. The van der Waals surface area contributed by atoms with Crippen LogP contribution in [0.3, 0.4) is 0 Å². The van der Waals surface area contributed by atoms with Crippen molar-refractivity contribution in [2.45, 2.75) is 18.9 Å². The summed E-state index contributed by atoms with van der Waals surface area (Å²) in [6.07, 6.45) is 6.35. The molecule has 76 valence electrons. The summed E-state index contributed by atoms with van der Waals surface area (Å²) >= 11 is 0. The second-order valence-corrected chi connectivity index (χ2v) is 4.09. The van der Waals surface area contributed by atoms with Crippen LogP contribution in [0.25, 0.3) is 10.8 Å². The first-order chi connectivity index (χ1) is 7.45. The van der Waals surface area contributed by atoms with Gasteiger partial charge in [0.1, 0.15) is 0 Å². The minimum Gasteiger partial charge on any atom is -0.310 e. The van der Waals surface area contributed by atoms with Gasteiger partial charge in [0, 0.05) is 23.8 Å².